The van der Waals surface area contributed by atoms with Crippen molar-refractivity contribution in [3.63, 3.8) is 0 Å². The van der Waals surface area contributed by atoms with Crippen LogP contribution in [-0.2, 0) is 6.42 Å². The minimum absolute atomic E-state index is 0.00796. The summed E-state index contributed by atoms with van der Waals surface area (Å²) in [6.07, 6.45) is 0.848. The molecule has 2 rings (SSSR count). The zero-order valence-corrected chi connectivity index (χ0v) is 8.39. The third-order valence-corrected chi connectivity index (χ3v) is 3.08. The number of aryl methyl sites for hydroxylation is 1. The number of benzene rings is 1. The van der Waals surface area contributed by atoms with Gasteiger partial charge in [0, 0.05) is 5.56 Å². The smallest absolute Gasteiger partial charge is 0.177 e. The second kappa shape index (κ2) is 2.70. The third-order valence-electron chi connectivity index (χ3n) is 2.34. The molecule has 1 aliphatic carbocycles. The van der Waals surface area contributed by atoms with E-state index < -0.39 is 0 Å². The van der Waals surface area contributed by atoms with Crippen LogP contribution < -0.4 is 0 Å². The van der Waals surface area contributed by atoms with Crippen LogP contribution in [0, 0.1) is 6.92 Å². The number of rotatable bonds is 0. The lowest BCUT2D eigenvalue weighted by atomic mass is 10.1. The average molecular weight is 225 g/mol. The van der Waals surface area contributed by atoms with Crippen LogP contribution in [0.3, 0.4) is 0 Å². The van der Waals surface area contributed by atoms with Crippen LogP contribution in [0.2, 0.25) is 0 Å². The van der Waals surface area contributed by atoms with Gasteiger partial charge in [-0.2, -0.15) is 0 Å². The Morgan fingerprint density at radius 3 is 2.92 bits per heavy atom. The molecular weight excluding hydrogens is 216 g/mol. The van der Waals surface area contributed by atoms with E-state index >= 15 is 0 Å². The van der Waals surface area contributed by atoms with Crippen molar-refractivity contribution in [3.05, 3.63) is 34.9 Å². The predicted molar refractivity (Wildman–Crippen MR) is 51.9 cm³/mol. The first-order valence-corrected chi connectivity index (χ1v) is 4.88. The lowest BCUT2D eigenvalue weighted by molar-refractivity contribution is 0.100. The van der Waals surface area contributed by atoms with E-state index in [2.05, 4.69) is 28.9 Å². The minimum Gasteiger partial charge on any atom is -0.293 e. The minimum atomic E-state index is 0.00796. The maximum Gasteiger partial charge on any atom is 0.177 e. The molecule has 1 aromatic rings. The summed E-state index contributed by atoms with van der Waals surface area (Å²) in [4.78, 5) is 11.5. The molecule has 0 bridgehead atoms. The van der Waals surface area contributed by atoms with Gasteiger partial charge in [-0.05, 0) is 24.5 Å². The molecule has 0 N–H and O–H groups in total. The van der Waals surface area contributed by atoms with Gasteiger partial charge in [-0.25, -0.2) is 0 Å². The molecule has 2 heteroatoms. The molecule has 62 valence electrons. The monoisotopic (exact) mass is 224 g/mol. The number of halogens is 1. The summed E-state index contributed by atoms with van der Waals surface area (Å²) in [6.45, 7) is 2.05. The van der Waals surface area contributed by atoms with Crippen molar-refractivity contribution >= 4 is 21.7 Å². The Bertz CT molecular complexity index is 344. The number of fused-ring (bicyclic) bond motifs is 1. The molecule has 0 heterocycles. The summed E-state index contributed by atoms with van der Waals surface area (Å²) in [5, 5.41) is 0. The fraction of sp³-hybridized carbons (Fsp3) is 0.300. The molecule has 0 spiro atoms. The van der Waals surface area contributed by atoms with Gasteiger partial charge in [-0.3, -0.25) is 4.79 Å². The molecule has 1 nitrogen and oxygen atoms in total. The number of Topliss-reactive ketones (excluding diaryl/α,β-unsaturated/α-hetero) is 1. The van der Waals surface area contributed by atoms with Crippen LogP contribution in [0.5, 0.6) is 0 Å². The summed E-state index contributed by atoms with van der Waals surface area (Å²) in [5.41, 5.74) is 3.34. The van der Waals surface area contributed by atoms with E-state index in [1.807, 2.05) is 12.1 Å². The first-order chi connectivity index (χ1) is 5.70. The third kappa shape index (κ3) is 1.02. The van der Waals surface area contributed by atoms with E-state index in [0.29, 0.717) is 0 Å². The van der Waals surface area contributed by atoms with E-state index in [9.17, 15) is 4.79 Å². The second-order valence-corrected chi connectivity index (χ2v) is 4.24. The summed E-state index contributed by atoms with van der Waals surface area (Å²) < 4.78 is 0. The van der Waals surface area contributed by atoms with Gasteiger partial charge in [0.25, 0.3) is 0 Å². The summed E-state index contributed by atoms with van der Waals surface area (Å²) in [5.74, 6) is 0.230. The van der Waals surface area contributed by atoms with Crippen LogP contribution in [-0.4, -0.2) is 10.6 Å². The molecule has 1 aromatic carbocycles. The molecule has 12 heavy (non-hydrogen) atoms. The Kier molecular flexibility index (Phi) is 1.80. The Labute approximate surface area is 79.9 Å². The largest absolute Gasteiger partial charge is 0.293 e. The molecule has 0 saturated heterocycles. The van der Waals surface area contributed by atoms with E-state index in [1.54, 1.807) is 0 Å². The highest BCUT2D eigenvalue weighted by molar-refractivity contribution is 9.10. The van der Waals surface area contributed by atoms with Gasteiger partial charge in [0.15, 0.2) is 5.78 Å². The van der Waals surface area contributed by atoms with Gasteiger partial charge >= 0.3 is 0 Å². The van der Waals surface area contributed by atoms with E-state index in [4.69, 9.17) is 0 Å². The lowest BCUT2D eigenvalue weighted by Crippen LogP contribution is -2.05. The Morgan fingerprint density at radius 1 is 1.50 bits per heavy atom. The van der Waals surface area contributed by atoms with Gasteiger partial charge in [0.1, 0.15) is 0 Å². The molecular formula is C10H9BrO. The zero-order chi connectivity index (χ0) is 8.72. The van der Waals surface area contributed by atoms with Crippen LogP contribution in [0.25, 0.3) is 0 Å². The van der Waals surface area contributed by atoms with E-state index in [1.165, 1.54) is 11.1 Å². The van der Waals surface area contributed by atoms with Crippen molar-refractivity contribution in [2.24, 2.45) is 0 Å². The number of carbonyl (C=O) groups excluding carboxylic acids is 1. The molecule has 1 atom stereocenters. The highest BCUT2D eigenvalue weighted by atomic mass is 79.9. The first kappa shape index (κ1) is 7.99. The number of carbonyl (C=O) groups is 1. The van der Waals surface area contributed by atoms with Crippen LogP contribution >= 0.6 is 15.9 Å². The molecule has 0 aliphatic heterocycles. The number of hydrogen-bond acceptors (Lipinski definition) is 1. The lowest BCUT2D eigenvalue weighted by Gasteiger charge is -1.99. The Morgan fingerprint density at radius 2 is 2.25 bits per heavy atom. The number of hydrogen-bond donors (Lipinski definition) is 0. The maximum atomic E-state index is 11.5. The quantitative estimate of drug-likeness (QED) is 0.620. The first-order valence-electron chi connectivity index (χ1n) is 3.97. The molecule has 1 unspecified atom stereocenters. The van der Waals surface area contributed by atoms with Crippen molar-refractivity contribution < 1.29 is 4.79 Å². The molecule has 1 aliphatic rings. The Balaban J connectivity index is 2.61. The highest BCUT2D eigenvalue weighted by Gasteiger charge is 2.28. The standard InChI is InChI=1S/C10H9BrO/c1-6-3-2-4-7-8(6)5-9(11)10(7)12/h2-4,9H,5H2,1H3. The predicted octanol–water partition coefficient (Wildman–Crippen LogP) is 2.50. The SMILES string of the molecule is Cc1cccc2c1CC(Br)C2=O. The average Bonchev–Trinajstić information content (AvgIpc) is 2.32. The molecule has 0 radical (unpaired) electrons. The summed E-state index contributed by atoms with van der Waals surface area (Å²) in [7, 11) is 0. The van der Waals surface area contributed by atoms with Gasteiger partial charge < -0.3 is 0 Å². The fourth-order valence-electron chi connectivity index (χ4n) is 1.64. The van der Waals surface area contributed by atoms with E-state index in [0.717, 1.165) is 12.0 Å². The van der Waals surface area contributed by atoms with Gasteiger partial charge in [0.2, 0.25) is 0 Å². The summed E-state index contributed by atoms with van der Waals surface area (Å²) in [6, 6.07) is 5.90. The van der Waals surface area contributed by atoms with E-state index in [-0.39, 0.29) is 10.6 Å². The van der Waals surface area contributed by atoms with Crippen LogP contribution in [0.4, 0.5) is 0 Å². The van der Waals surface area contributed by atoms with Gasteiger partial charge in [-0.15, -0.1) is 0 Å². The highest BCUT2D eigenvalue weighted by Crippen LogP contribution is 2.28. The molecule has 0 saturated carbocycles. The summed E-state index contributed by atoms with van der Waals surface area (Å²) >= 11 is 3.37. The van der Waals surface area contributed by atoms with Gasteiger partial charge in [0.05, 0.1) is 4.83 Å². The normalized spacial score (nSPS) is 21.2. The maximum absolute atomic E-state index is 11.5. The van der Waals surface area contributed by atoms with Crippen molar-refractivity contribution in [3.8, 4) is 0 Å². The van der Waals surface area contributed by atoms with Crippen molar-refractivity contribution in [1.82, 2.24) is 0 Å². The zero-order valence-electron chi connectivity index (χ0n) is 6.80. The van der Waals surface area contributed by atoms with Crippen LogP contribution in [0.15, 0.2) is 18.2 Å². The fourth-order valence-corrected chi connectivity index (χ4v) is 2.22. The van der Waals surface area contributed by atoms with Crippen LogP contribution in [0.1, 0.15) is 21.5 Å². The Hall–Kier alpha value is -0.630. The van der Waals surface area contributed by atoms with Crippen molar-refractivity contribution in [1.29, 1.82) is 0 Å². The van der Waals surface area contributed by atoms with Crippen molar-refractivity contribution in [2.45, 2.75) is 18.2 Å². The number of alkyl halides is 1. The topological polar surface area (TPSA) is 17.1 Å². The number of ketones is 1. The van der Waals surface area contributed by atoms with Gasteiger partial charge in [-0.1, -0.05) is 34.1 Å². The second-order valence-electron chi connectivity index (χ2n) is 3.14. The molecule has 0 fully saturated rings. The van der Waals surface area contributed by atoms with Crippen molar-refractivity contribution in [2.75, 3.05) is 0 Å². The molecule has 0 aromatic heterocycles. The molecule has 0 amide bonds.